The SMILES string of the molecule is COc1cc(NC(=O)Nc2ccc(Nc3cc(Nc4cc(C)ccn4)nc(C)n3)cc2)cc(OC)c1. The fourth-order valence-corrected chi connectivity index (χ4v) is 3.39. The fraction of sp³-hybridized carbons (Fsp3) is 0.154. The molecule has 0 aliphatic rings. The Hall–Kier alpha value is -4.86. The van der Waals surface area contributed by atoms with Crippen LogP contribution in [0.5, 0.6) is 11.5 Å². The summed E-state index contributed by atoms with van der Waals surface area (Å²) in [5.74, 6) is 3.73. The molecule has 36 heavy (non-hydrogen) atoms. The number of amides is 2. The number of benzene rings is 2. The number of aryl methyl sites for hydroxylation is 2. The van der Waals surface area contributed by atoms with Crippen LogP contribution in [0, 0.1) is 13.8 Å². The molecule has 0 saturated heterocycles. The van der Waals surface area contributed by atoms with Crippen LogP contribution in [-0.2, 0) is 0 Å². The van der Waals surface area contributed by atoms with Gasteiger partial charge in [-0.1, -0.05) is 0 Å². The molecular formula is C26H27N7O3. The highest BCUT2D eigenvalue weighted by Gasteiger charge is 2.08. The molecule has 2 aromatic heterocycles. The molecule has 0 saturated carbocycles. The Morgan fingerprint density at radius 1 is 0.694 bits per heavy atom. The monoisotopic (exact) mass is 485 g/mol. The van der Waals surface area contributed by atoms with E-state index in [0.29, 0.717) is 46.2 Å². The smallest absolute Gasteiger partial charge is 0.323 e. The normalized spacial score (nSPS) is 10.3. The lowest BCUT2D eigenvalue weighted by Gasteiger charge is -2.12. The Balaban J connectivity index is 1.39. The second kappa shape index (κ2) is 11.0. The lowest BCUT2D eigenvalue weighted by molar-refractivity contribution is 0.262. The average molecular weight is 486 g/mol. The van der Waals surface area contributed by atoms with Crippen molar-refractivity contribution in [1.29, 1.82) is 0 Å². The molecule has 0 radical (unpaired) electrons. The summed E-state index contributed by atoms with van der Waals surface area (Å²) >= 11 is 0. The highest BCUT2D eigenvalue weighted by atomic mass is 16.5. The van der Waals surface area contributed by atoms with Crippen LogP contribution in [0.25, 0.3) is 0 Å². The van der Waals surface area contributed by atoms with Gasteiger partial charge in [0.15, 0.2) is 0 Å². The minimum atomic E-state index is -0.391. The summed E-state index contributed by atoms with van der Waals surface area (Å²) in [5, 5.41) is 12.0. The molecule has 0 bridgehead atoms. The van der Waals surface area contributed by atoms with Crippen LogP contribution in [0.1, 0.15) is 11.4 Å². The molecule has 0 aliphatic carbocycles. The Kier molecular flexibility index (Phi) is 7.45. The number of carbonyl (C=O) groups excluding carboxylic acids is 1. The van der Waals surface area contributed by atoms with Crippen molar-refractivity contribution < 1.29 is 14.3 Å². The van der Waals surface area contributed by atoms with E-state index in [4.69, 9.17) is 9.47 Å². The topological polar surface area (TPSA) is 122 Å². The Bertz CT molecular complexity index is 1340. The van der Waals surface area contributed by atoms with E-state index in [1.807, 2.05) is 38.1 Å². The zero-order valence-corrected chi connectivity index (χ0v) is 20.4. The molecule has 0 atom stereocenters. The van der Waals surface area contributed by atoms with Crippen LogP contribution in [0.4, 0.5) is 39.3 Å². The first-order valence-electron chi connectivity index (χ1n) is 11.1. The third kappa shape index (κ3) is 6.60. The van der Waals surface area contributed by atoms with E-state index in [0.717, 1.165) is 11.3 Å². The molecule has 10 nitrogen and oxygen atoms in total. The first-order valence-corrected chi connectivity index (χ1v) is 11.1. The van der Waals surface area contributed by atoms with Gasteiger partial charge >= 0.3 is 6.03 Å². The van der Waals surface area contributed by atoms with Gasteiger partial charge in [-0.05, 0) is 55.8 Å². The number of rotatable bonds is 8. The zero-order chi connectivity index (χ0) is 25.5. The van der Waals surface area contributed by atoms with Crippen LogP contribution in [0.2, 0.25) is 0 Å². The molecule has 4 rings (SSSR count). The maximum absolute atomic E-state index is 12.5. The quantitative estimate of drug-likeness (QED) is 0.253. The number of hydrogen-bond donors (Lipinski definition) is 4. The van der Waals surface area contributed by atoms with Gasteiger partial charge in [0.05, 0.1) is 14.2 Å². The summed E-state index contributed by atoms with van der Waals surface area (Å²) in [6.07, 6.45) is 1.74. The third-order valence-corrected chi connectivity index (χ3v) is 5.03. The van der Waals surface area contributed by atoms with Crippen molar-refractivity contribution >= 4 is 40.5 Å². The second-order valence-corrected chi connectivity index (χ2v) is 7.91. The molecule has 0 aliphatic heterocycles. The number of hydrogen-bond acceptors (Lipinski definition) is 8. The number of nitrogens with zero attached hydrogens (tertiary/aromatic N) is 3. The fourth-order valence-electron chi connectivity index (χ4n) is 3.39. The van der Waals surface area contributed by atoms with E-state index in [1.54, 1.807) is 56.8 Å². The van der Waals surface area contributed by atoms with E-state index in [9.17, 15) is 4.79 Å². The van der Waals surface area contributed by atoms with Gasteiger partial charge in [0, 0.05) is 47.5 Å². The van der Waals surface area contributed by atoms with Crippen LogP contribution >= 0.6 is 0 Å². The van der Waals surface area contributed by atoms with Crippen molar-refractivity contribution in [1.82, 2.24) is 15.0 Å². The second-order valence-electron chi connectivity index (χ2n) is 7.91. The Labute approximate surface area is 209 Å². The molecule has 2 amide bonds. The first kappa shape index (κ1) is 24.3. The largest absolute Gasteiger partial charge is 0.497 e. The molecule has 10 heteroatoms. The summed E-state index contributed by atoms with van der Waals surface area (Å²) < 4.78 is 10.5. The molecule has 2 aromatic carbocycles. The van der Waals surface area contributed by atoms with E-state index in [1.165, 1.54) is 0 Å². The van der Waals surface area contributed by atoms with Gasteiger partial charge in [0.2, 0.25) is 0 Å². The van der Waals surface area contributed by atoms with Gasteiger partial charge in [-0.2, -0.15) is 0 Å². The van der Waals surface area contributed by atoms with Crippen molar-refractivity contribution in [2.45, 2.75) is 13.8 Å². The molecule has 0 spiro atoms. The lowest BCUT2D eigenvalue weighted by atomic mass is 10.2. The van der Waals surface area contributed by atoms with Gasteiger partial charge in [0.1, 0.15) is 34.8 Å². The van der Waals surface area contributed by atoms with Crippen molar-refractivity contribution in [3.8, 4) is 11.5 Å². The number of methoxy groups -OCH3 is 2. The first-order chi connectivity index (χ1) is 17.4. The summed E-state index contributed by atoms with van der Waals surface area (Å²) in [4.78, 5) is 25.6. The van der Waals surface area contributed by atoms with Gasteiger partial charge in [0.25, 0.3) is 0 Å². The van der Waals surface area contributed by atoms with Crippen molar-refractivity contribution in [3.05, 3.63) is 78.2 Å². The maximum Gasteiger partial charge on any atom is 0.323 e. The Morgan fingerprint density at radius 2 is 1.31 bits per heavy atom. The third-order valence-electron chi connectivity index (χ3n) is 5.03. The van der Waals surface area contributed by atoms with Crippen LogP contribution in [0.3, 0.4) is 0 Å². The molecule has 184 valence electrons. The summed E-state index contributed by atoms with van der Waals surface area (Å²) in [5.41, 5.74) is 3.07. The number of urea groups is 1. The highest BCUT2D eigenvalue weighted by Crippen LogP contribution is 2.26. The van der Waals surface area contributed by atoms with Crippen molar-refractivity contribution in [2.75, 3.05) is 35.5 Å². The molecule has 0 unspecified atom stereocenters. The average Bonchev–Trinajstić information content (AvgIpc) is 2.84. The minimum Gasteiger partial charge on any atom is -0.497 e. The minimum absolute atomic E-state index is 0.391. The standard InChI is InChI=1S/C26H27N7O3/c1-16-9-10-27-23(11-16)33-25-15-24(28-17(2)29-25)30-18-5-7-19(8-6-18)31-26(34)32-20-12-21(35-3)14-22(13-20)36-4/h5-15H,1-4H3,(H2,31,32,34)(H2,27,28,29,30,33). The predicted octanol–water partition coefficient (Wildman–Crippen LogP) is 5.64. The van der Waals surface area contributed by atoms with E-state index >= 15 is 0 Å². The number of aromatic nitrogens is 3. The molecule has 4 aromatic rings. The molecule has 4 N–H and O–H groups in total. The van der Waals surface area contributed by atoms with E-state index in [2.05, 4.69) is 36.2 Å². The number of carbonyl (C=O) groups is 1. The Morgan fingerprint density at radius 3 is 1.94 bits per heavy atom. The number of ether oxygens (including phenoxy) is 2. The van der Waals surface area contributed by atoms with Gasteiger partial charge in [-0.25, -0.2) is 19.7 Å². The van der Waals surface area contributed by atoms with Gasteiger partial charge in [-0.3, -0.25) is 0 Å². The zero-order valence-electron chi connectivity index (χ0n) is 20.4. The maximum atomic E-state index is 12.5. The van der Waals surface area contributed by atoms with Crippen LogP contribution in [-0.4, -0.2) is 35.2 Å². The van der Waals surface area contributed by atoms with Gasteiger partial charge in [-0.15, -0.1) is 0 Å². The molecule has 2 heterocycles. The van der Waals surface area contributed by atoms with Crippen LogP contribution < -0.4 is 30.7 Å². The number of nitrogens with one attached hydrogen (secondary N) is 4. The molecular weight excluding hydrogens is 458 g/mol. The lowest BCUT2D eigenvalue weighted by Crippen LogP contribution is -2.19. The van der Waals surface area contributed by atoms with Crippen molar-refractivity contribution in [3.63, 3.8) is 0 Å². The van der Waals surface area contributed by atoms with Crippen molar-refractivity contribution in [2.24, 2.45) is 0 Å². The van der Waals surface area contributed by atoms with E-state index in [-0.39, 0.29) is 0 Å². The predicted molar refractivity (Wildman–Crippen MR) is 141 cm³/mol. The summed E-state index contributed by atoms with van der Waals surface area (Å²) in [7, 11) is 3.10. The van der Waals surface area contributed by atoms with Gasteiger partial charge < -0.3 is 30.7 Å². The summed E-state index contributed by atoms with van der Waals surface area (Å²) in [6, 6.07) is 17.7. The highest BCUT2D eigenvalue weighted by molar-refractivity contribution is 6.00. The number of anilines is 6. The number of pyridine rings is 1. The summed E-state index contributed by atoms with van der Waals surface area (Å²) in [6.45, 7) is 3.83. The molecule has 0 fully saturated rings. The van der Waals surface area contributed by atoms with E-state index < -0.39 is 6.03 Å². The van der Waals surface area contributed by atoms with Crippen LogP contribution in [0.15, 0.2) is 66.9 Å².